The first kappa shape index (κ1) is 14.9. The Kier molecular flexibility index (Phi) is 3.82. The first-order valence-electron chi connectivity index (χ1n) is 7.27. The summed E-state index contributed by atoms with van der Waals surface area (Å²) < 4.78 is 8.23. The number of carboxylic acids is 1. The number of carbonyl (C=O) groups excluding carboxylic acids is 1. The van der Waals surface area contributed by atoms with Crippen molar-refractivity contribution in [3.8, 4) is 0 Å². The van der Waals surface area contributed by atoms with Crippen LogP contribution in [0.4, 0.5) is 11.4 Å². The van der Waals surface area contributed by atoms with Gasteiger partial charge in [0.25, 0.3) is 5.91 Å². The van der Waals surface area contributed by atoms with E-state index >= 15 is 0 Å². The van der Waals surface area contributed by atoms with Crippen molar-refractivity contribution in [2.45, 2.75) is 38.1 Å². The van der Waals surface area contributed by atoms with Crippen molar-refractivity contribution in [1.29, 1.82) is 0 Å². The van der Waals surface area contributed by atoms with Gasteiger partial charge in [0, 0.05) is 5.56 Å². The zero-order chi connectivity index (χ0) is 15.7. The highest BCUT2D eigenvalue weighted by Crippen LogP contribution is 2.35. The number of hydrogen-bond donors (Lipinski definition) is 2. The zero-order valence-corrected chi connectivity index (χ0v) is 13.0. The van der Waals surface area contributed by atoms with Gasteiger partial charge in [0.15, 0.2) is 0 Å². The van der Waals surface area contributed by atoms with E-state index in [2.05, 4.69) is 14.0 Å². The third kappa shape index (κ3) is 2.68. The van der Waals surface area contributed by atoms with Crippen molar-refractivity contribution in [1.82, 2.24) is 5.32 Å². The van der Waals surface area contributed by atoms with Crippen molar-refractivity contribution in [2.24, 2.45) is 14.6 Å². The molecule has 6 nitrogen and oxygen atoms in total. The van der Waals surface area contributed by atoms with Gasteiger partial charge in [-0.3, -0.25) is 9.59 Å². The highest BCUT2D eigenvalue weighted by Gasteiger charge is 2.42. The predicted octanol–water partition coefficient (Wildman–Crippen LogP) is 3.18. The first-order valence-corrected chi connectivity index (χ1v) is 8.00. The van der Waals surface area contributed by atoms with Gasteiger partial charge in [0.2, 0.25) is 0 Å². The molecule has 7 heteroatoms. The fraction of sp³-hybridized carbons (Fsp3) is 0.467. The van der Waals surface area contributed by atoms with Gasteiger partial charge in [-0.15, -0.1) is 0 Å². The number of rotatable bonds is 3. The van der Waals surface area contributed by atoms with Crippen LogP contribution >= 0.6 is 0 Å². The summed E-state index contributed by atoms with van der Waals surface area (Å²) in [6, 6.07) is 5.14. The summed E-state index contributed by atoms with van der Waals surface area (Å²) in [7, 11) is 0. The molecule has 0 radical (unpaired) electrons. The summed E-state index contributed by atoms with van der Waals surface area (Å²) in [4.78, 5) is 24.0. The van der Waals surface area contributed by atoms with Crippen LogP contribution in [0.2, 0.25) is 0 Å². The van der Waals surface area contributed by atoms with Crippen molar-refractivity contribution in [3.05, 3.63) is 23.8 Å². The van der Waals surface area contributed by atoms with Crippen molar-refractivity contribution in [2.75, 3.05) is 0 Å². The Bertz CT molecular complexity index is 712. The topological polar surface area (TPSA) is 91.1 Å². The lowest BCUT2D eigenvalue weighted by Crippen LogP contribution is -2.55. The van der Waals surface area contributed by atoms with Gasteiger partial charge >= 0.3 is 5.97 Å². The molecule has 1 aliphatic heterocycles. The molecule has 22 heavy (non-hydrogen) atoms. The molecule has 0 spiro atoms. The third-order valence-electron chi connectivity index (χ3n) is 4.42. The third-order valence-corrected chi connectivity index (χ3v) is 4.98. The molecule has 2 N–H and O–H groups in total. The minimum atomic E-state index is -0.846. The maximum atomic E-state index is 12.5. The standard InChI is InChI=1S/C15H17N3O3S/c1-15(7-3-2-4-10(15)14(20)21)16-13(19)9-5-6-11-12(8-9)18-22-17-11/h5-6,8,10H,2-4,7H2,1H3,(H,16,19)(H,20,21). The van der Waals surface area contributed by atoms with Crippen LogP contribution in [0.1, 0.15) is 43.0 Å². The largest absolute Gasteiger partial charge is 0.481 e. The van der Waals surface area contributed by atoms with E-state index in [0.717, 1.165) is 29.9 Å². The maximum absolute atomic E-state index is 12.5. The van der Waals surface area contributed by atoms with Gasteiger partial charge in [-0.2, -0.15) is 8.73 Å². The molecule has 3 rings (SSSR count). The average molecular weight is 319 g/mol. The van der Waals surface area contributed by atoms with E-state index in [4.69, 9.17) is 0 Å². The molecule has 1 heterocycles. The second-order valence-corrected chi connectivity index (χ2v) is 6.50. The molecule has 116 valence electrons. The maximum Gasteiger partial charge on any atom is 0.308 e. The van der Waals surface area contributed by atoms with E-state index in [1.807, 2.05) is 6.92 Å². The summed E-state index contributed by atoms with van der Waals surface area (Å²) in [6.45, 7) is 1.83. The Hall–Kier alpha value is -2.02. The van der Waals surface area contributed by atoms with E-state index < -0.39 is 17.4 Å². The Morgan fingerprint density at radius 1 is 1.32 bits per heavy atom. The Morgan fingerprint density at radius 2 is 2.09 bits per heavy atom. The fourth-order valence-electron chi connectivity index (χ4n) is 3.13. The minimum Gasteiger partial charge on any atom is -0.481 e. The molecule has 1 fully saturated rings. The molecule has 0 bridgehead atoms. The Morgan fingerprint density at radius 3 is 2.86 bits per heavy atom. The number of hydrogen-bond acceptors (Lipinski definition) is 4. The Labute approximate surface area is 131 Å². The molecule has 1 aromatic carbocycles. The number of nitrogens with zero attached hydrogens (tertiary/aromatic N) is 2. The lowest BCUT2D eigenvalue weighted by atomic mass is 9.73. The second kappa shape index (κ2) is 5.64. The van der Waals surface area contributed by atoms with Gasteiger partial charge < -0.3 is 10.4 Å². The van der Waals surface area contributed by atoms with Crippen LogP contribution in [0.25, 0.3) is 0 Å². The second-order valence-electron chi connectivity index (χ2n) is 5.98. The minimum absolute atomic E-state index is 0.259. The molecule has 0 saturated heterocycles. The van der Waals surface area contributed by atoms with Gasteiger partial charge in [0.1, 0.15) is 11.4 Å². The van der Waals surface area contributed by atoms with Crippen LogP contribution in [0.15, 0.2) is 26.9 Å². The van der Waals surface area contributed by atoms with E-state index in [0.29, 0.717) is 24.1 Å². The van der Waals surface area contributed by atoms with Crippen molar-refractivity contribution < 1.29 is 14.7 Å². The van der Waals surface area contributed by atoms with Gasteiger partial charge in [-0.05, 0) is 38.0 Å². The number of amides is 1. The number of aliphatic carboxylic acids is 1. The molecular formula is C15H17N3O3S. The summed E-state index contributed by atoms with van der Waals surface area (Å²) in [5.74, 6) is -1.65. The molecule has 1 aliphatic carbocycles. The van der Waals surface area contributed by atoms with Crippen molar-refractivity contribution >= 4 is 34.6 Å². The predicted molar refractivity (Wildman–Crippen MR) is 83.4 cm³/mol. The SMILES string of the molecule is CC1(NC(=O)c2ccc3c(c2)N=S=N3)CCCCC1C(=O)O. The number of fused-ring (bicyclic) bond motifs is 1. The van der Waals surface area contributed by atoms with Crippen molar-refractivity contribution in [3.63, 3.8) is 0 Å². The molecule has 2 aliphatic rings. The number of nitrogens with one attached hydrogen (secondary N) is 1. The lowest BCUT2D eigenvalue weighted by molar-refractivity contribution is -0.145. The molecule has 1 aromatic rings. The number of carbonyl (C=O) groups is 2. The van der Waals surface area contributed by atoms with Crippen LogP contribution < -0.4 is 5.32 Å². The van der Waals surface area contributed by atoms with Gasteiger partial charge in [0.05, 0.1) is 22.8 Å². The lowest BCUT2D eigenvalue weighted by Gasteiger charge is -2.39. The number of carboxylic acid groups (broad SMARTS) is 1. The molecular weight excluding hydrogens is 302 g/mol. The van der Waals surface area contributed by atoms with Crippen LogP contribution in [0.5, 0.6) is 0 Å². The van der Waals surface area contributed by atoms with Gasteiger partial charge in [-0.1, -0.05) is 12.8 Å². The summed E-state index contributed by atoms with van der Waals surface area (Å²) in [5, 5.41) is 12.3. The Balaban J connectivity index is 1.81. The quantitative estimate of drug-likeness (QED) is 0.910. The smallest absolute Gasteiger partial charge is 0.308 e. The molecule has 1 amide bonds. The summed E-state index contributed by atoms with van der Waals surface area (Å²) in [6.07, 6.45) is 3.09. The molecule has 0 aromatic heterocycles. The van der Waals surface area contributed by atoms with E-state index in [-0.39, 0.29) is 5.91 Å². The normalized spacial score (nSPS) is 26.1. The monoisotopic (exact) mass is 319 g/mol. The van der Waals surface area contributed by atoms with Crippen LogP contribution in [0, 0.1) is 5.92 Å². The molecule has 2 atom stereocenters. The van der Waals surface area contributed by atoms with Crippen LogP contribution in [-0.4, -0.2) is 22.5 Å². The van der Waals surface area contributed by atoms with E-state index in [1.165, 1.54) is 0 Å². The first-order chi connectivity index (χ1) is 10.5. The highest BCUT2D eigenvalue weighted by atomic mass is 32.1. The summed E-state index contributed by atoms with van der Waals surface area (Å²) in [5.41, 5.74) is 1.21. The fourth-order valence-corrected chi connectivity index (χ4v) is 3.65. The van der Waals surface area contributed by atoms with E-state index in [1.54, 1.807) is 18.2 Å². The number of benzene rings is 1. The van der Waals surface area contributed by atoms with Crippen LogP contribution in [0.3, 0.4) is 0 Å². The van der Waals surface area contributed by atoms with Gasteiger partial charge in [-0.25, -0.2) is 0 Å². The average Bonchev–Trinajstić information content (AvgIpc) is 2.94. The zero-order valence-electron chi connectivity index (χ0n) is 12.2. The summed E-state index contributed by atoms with van der Waals surface area (Å²) >= 11 is 1.10. The van der Waals surface area contributed by atoms with Crippen LogP contribution in [-0.2, 0) is 16.1 Å². The molecule has 1 saturated carbocycles. The van der Waals surface area contributed by atoms with E-state index in [9.17, 15) is 14.7 Å². The molecule has 2 unspecified atom stereocenters. The highest BCUT2D eigenvalue weighted by molar-refractivity contribution is 7.58.